The number of Topliss-reactive ketones (excluding diaryl/α,β-unsaturated/α-hetero) is 1. The SMILES string of the molecule is NC(=O)OC1CCN(S(=O)(=O)c2cccc(N3CCC(=O)CC3)c2)CC1. The van der Waals surface area contributed by atoms with Crippen LogP contribution < -0.4 is 10.6 Å². The second-order valence-corrected chi connectivity index (χ2v) is 8.50. The predicted octanol–water partition coefficient (Wildman–Crippen LogP) is 1.10. The topological polar surface area (TPSA) is 110 Å². The van der Waals surface area contributed by atoms with Gasteiger partial charge in [-0.05, 0) is 31.0 Å². The first kappa shape index (κ1) is 18.7. The van der Waals surface area contributed by atoms with Gasteiger partial charge in [0.15, 0.2) is 0 Å². The van der Waals surface area contributed by atoms with E-state index in [-0.39, 0.29) is 29.9 Å². The average Bonchev–Trinajstić information content (AvgIpc) is 2.62. The number of nitrogens with zero attached hydrogens (tertiary/aromatic N) is 2. The Kier molecular flexibility index (Phi) is 5.47. The number of anilines is 1. The molecule has 0 aromatic heterocycles. The van der Waals surface area contributed by atoms with Crippen molar-refractivity contribution < 1.29 is 22.7 Å². The number of ether oxygens (including phenoxy) is 1. The predicted molar refractivity (Wildman–Crippen MR) is 95.3 cm³/mol. The number of sulfonamides is 1. The summed E-state index contributed by atoms with van der Waals surface area (Å²) in [5.41, 5.74) is 5.82. The Bertz CT molecular complexity index is 777. The first-order valence-corrected chi connectivity index (χ1v) is 10.1. The quantitative estimate of drug-likeness (QED) is 0.836. The Morgan fingerprint density at radius 3 is 2.38 bits per heavy atom. The van der Waals surface area contributed by atoms with Crippen LogP contribution in [0.1, 0.15) is 25.7 Å². The lowest BCUT2D eigenvalue weighted by molar-refractivity contribution is -0.119. The van der Waals surface area contributed by atoms with Gasteiger partial charge in [0.1, 0.15) is 11.9 Å². The molecule has 26 heavy (non-hydrogen) atoms. The molecule has 1 aromatic rings. The highest BCUT2D eigenvalue weighted by Gasteiger charge is 2.31. The van der Waals surface area contributed by atoms with E-state index in [2.05, 4.69) is 0 Å². The molecule has 2 aliphatic heterocycles. The van der Waals surface area contributed by atoms with E-state index < -0.39 is 16.1 Å². The van der Waals surface area contributed by atoms with Crippen molar-refractivity contribution in [3.63, 3.8) is 0 Å². The molecule has 1 aromatic carbocycles. The summed E-state index contributed by atoms with van der Waals surface area (Å²) in [4.78, 5) is 24.5. The maximum atomic E-state index is 12.9. The van der Waals surface area contributed by atoms with Gasteiger partial charge in [-0.25, -0.2) is 13.2 Å². The molecule has 0 spiro atoms. The number of rotatable bonds is 4. The van der Waals surface area contributed by atoms with Crippen LogP contribution in [-0.4, -0.2) is 56.9 Å². The molecule has 2 N–H and O–H groups in total. The van der Waals surface area contributed by atoms with E-state index in [4.69, 9.17) is 10.5 Å². The summed E-state index contributed by atoms with van der Waals surface area (Å²) in [5.74, 6) is 0.242. The lowest BCUT2D eigenvalue weighted by atomic mass is 10.1. The molecule has 3 rings (SSSR count). The van der Waals surface area contributed by atoms with Gasteiger partial charge in [-0.3, -0.25) is 4.79 Å². The Labute approximate surface area is 152 Å². The van der Waals surface area contributed by atoms with Gasteiger partial charge in [0.25, 0.3) is 0 Å². The van der Waals surface area contributed by atoms with E-state index in [0.29, 0.717) is 38.8 Å². The van der Waals surface area contributed by atoms with E-state index >= 15 is 0 Å². The van der Waals surface area contributed by atoms with E-state index in [1.165, 1.54) is 4.31 Å². The van der Waals surface area contributed by atoms with Crippen LogP contribution in [0.4, 0.5) is 10.5 Å². The van der Waals surface area contributed by atoms with Gasteiger partial charge in [0.05, 0.1) is 4.90 Å². The highest BCUT2D eigenvalue weighted by atomic mass is 32.2. The maximum absolute atomic E-state index is 12.9. The number of carbonyl (C=O) groups excluding carboxylic acids is 2. The van der Waals surface area contributed by atoms with Crippen LogP contribution in [0.5, 0.6) is 0 Å². The first-order chi connectivity index (χ1) is 12.4. The Balaban J connectivity index is 1.71. The molecular formula is C17H23N3O5S. The molecule has 2 saturated heterocycles. The van der Waals surface area contributed by atoms with Gasteiger partial charge in [-0.2, -0.15) is 4.31 Å². The van der Waals surface area contributed by atoms with Crippen molar-refractivity contribution in [3.05, 3.63) is 24.3 Å². The third-order valence-corrected chi connectivity index (χ3v) is 6.72. The van der Waals surface area contributed by atoms with Gasteiger partial charge in [0.2, 0.25) is 10.0 Å². The molecule has 1 amide bonds. The fraction of sp³-hybridized carbons (Fsp3) is 0.529. The minimum atomic E-state index is -3.62. The third kappa shape index (κ3) is 4.16. The van der Waals surface area contributed by atoms with Crippen molar-refractivity contribution in [1.29, 1.82) is 0 Å². The molecule has 2 fully saturated rings. The molecule has 142 valence electrons. The maximum Gasteiger partial charge on any atom is 0.404 e. The smallest absolute Gasteiger partial charge is 0.404 e. The molecule has 0 radical (unpaired) electrons. The van der Waals surface area contributed by atoms with Crippen molar-refractivity contribution in [3.8, 4) is 0 Å². The standard InChI is InChI=1S/C17H23N3O5S/c18-17(22)25-15-6-10-20(11-7-15)26(23,24)16-3-1-2-13(12-16)19-8-4-14(21)5-9-19/h1-3,12,15H,4-11H2,(H2,18,22). The average molecular weight is 381 g/mol. The molecule has 0 saturated carbocycles. The second kappa shape index (κ2) is 7.63. The number of carbonyl (C=O) groups is 2. The van der Waals surface area contributed by atoms with Crippen molar-refractivity contribution in [2.45, 2.75) is 36.7 Å². The van der Waals surface area contributed by atoms with Gasteiger partial charge in [-0.15, -0.1) is 0 Å². The summed E-state index contributed by atoms with van der Waals surface area (Å²) in [6.45, 7) is 1.78. The Hall–Kier alpha value is -2.13. The zero-order chi connectivity index (χ0) is 18.7. The van der Waals surface area contributed by atoms with E-state index in [1.807, 2.05) is 11.0 Å². The fourth-order valence-electron chi connectivity index (χ4n) is 3.36. The number of hydrogen-bond donors (Lipinski definition) is 1. The molecule has 9 heteroatoms. The number of ketones is 1. The second-order valence-electron chi connectivity index (χ2n) is 6.56. The minimum Gasteiger partial charge on any atom is -0.446 e. The van der Waals surface area contributed by atoms with Crippen LogP contribution in [0.3, 0.4) is 0 Å². The summed E-state index contributed by atoms with van der Waals surface area (Å²) < 4.78 is 32.2. The summed E-state index contributed by atoms with van der Waals surface area (Å²) in [7, 11) is -3.62. The van der Waals surface area contributed by atoms with Gasteiger partial charge >= 0.3 is 6.09 Å². The van der Waals surface area contributed by atoms with Crippen molar-refractivity contribution in [2.75, 3.05) is 31.1 Å². The number of nitrogens with two attached hydrogens (primary N) is 1. The minimum absolute atomic E-state index is 0.237. The van der Waals surface area contributed by atoms with Gasteiger partial charge in [-0.1, -0.05) is 6.07 Å². The van der Waals surface area contributed by atoms with E-state index in [9.17, 15) is 18.0 Å². The van der Waals surface area contributed by atoms with Crippen molar-refractivity contribution in [1.82, 2.24) is 4.31 Å². The molecule has 2 aliphatic rings. The number of amides is 1. The summed E-state index contributed by atoms with van der Waals surface area (Å²) >= 11 is 0. The van der Waals surface area contributed by atoms with Crippen LogP contribution in [0.2, 0.25) is 0 Å². The normalized spacial score (nSPS) is 20.2. The van der Waals surface area contributed by atoms with Crippen molar-refractivity contribution in [2.24, 2.45) is 5.73 Å². The molecule has 8 nitrogen and oxygen atoms in total. The number of hydrogen-bond acceptors (Lipinski definition) is 6. The molecule has 0 unspecified atom stereocenters. The largest absolute Gasteiger partial charge is 0.446 e. The number of benzene rings is 1. The summed E-state index contributed by atoms with van der Waals surface area (Å²) in [6, 6.07) is 6.83. The van der Waals surface area contributed by atoms with Crippen molar-refractivity contribution >= 4 is 27.6 Å². The monoisotopic (exact) mass is 381 g/mol. The summed E-state index contributed by atoms with van der Waals surface area (Å²) in [5, 5.41) is 0. The Morgan fingerprint density at radius 1 is 1.12 bits per heavy atom. The van der Waals surface area contributed by atoms with Crippen LogP contribution in [0.15, 0.2) is 29.2 Å². The lowest BCUT2D eigenvalue weighted by Gasteiger charge is -2.31. The van der Waals surface area contributed by atoms with E-state index in [1.54, 1.807) is 18.2 Å². The first-order valence-electron chi connectivity index (χ1n) is 8.69. The highest BCUT2D eigenvalue weighted by Crippen LogP contribution is 2.26. The highest BCUT2D eigenvalue weighted by molar-refractivity contribution is 7.89. The van der Waals surface area contributed by atoms with Gasteiger partial charge < -0.3 is 15.4 Å². The van der Waals surface area contributed by atoms with Gasteiger partial charge in [0, 0.05) is 44.7 Å². The lowest BCUT2D eigenvalue weighted by Crippen LogP contribution is -2.42. The van der Waals surface area contributed by atoms with Crippen LogP contribution in [-0.2, 0) is 19.6 Å². The molecule has 0 bridgehead atoms. The summed E-state index contributed by atoms with van der Waals surface area (Å²) in [6.07, 6.45) is 0.663. The molecule has 0 aliphatic carbocycles. The fourth-order valence-corrected chi connectivity index (χ4v) is 4.87. The number of piperidine rings is 2. The third-order valence-electron chi connectivity index (χ3n) is 4.83. The molecule has 0 atom stereocenters. The zero-order valence-electron chi connectivity index (χ0n) is 14.5. The molecular weight excluding hydrogens is 358 g/mol. The number of primary amides is 1. The van der Waals surface area contributed by atoms with Crippen LogP contribution >= 0.6 is 0 Å². The Morgan fingerprint density at radius 2 is 1.77 bits per heavy atom. The van der Waals surface area contributed by atoms with E-state index in [0.717, 1.165) is 5.69 Å². The zero-order valence-corrected chi connectivity index (χ0v) is 15.3. The van der Waals surface area contributed by atoms with Crippen LogP contribution in [0, 0.1) is 0 Å². The molecule has 2 heterocycles. The van der Waals surface area contributed by atoms with Crippen LogP contribution in [0.25, 0.3) is 0 Å².